The standard InChI is InChI=1S/C8H10ClN3O4S/c1-6(4-9)11-17(15,16)7-2-3-8(10-5-7)12(13)14/h2-3,5-6,11H,4H2,1H3. The van der Waals surface area contributed by atoms with Crippen LogP contribution in [0.15, 0.2) is 23.2 Å². The van der Waals surface area contributed by atoms with E-state index in [2.05, 4.69) is 9.71 Å². The number of alkyl halides is 1. The minimum absolute atomic E-state index is 0.125. The van der Waals surface area contributed by atoms with Crippen LogP contribution in [-0.2, 0) is 10.0 Å². The monoisotopic (exact) mass is 279 g/mol. The minimum Gasteiger partial charge on any atom is -0.358 e. The van der Waals surface area contributed by atoms with Gasteiger partial charge in [0.05, 0.1) is 0 Å². The smallest absolute Gasteiger partial charge is 0.358 e. The first kappa shape index (κ1) is 13.8. The zero-order valence-corrected chi connectivity index (χ0v) is 10.4. The molecule has 0 spiro atoms. The molecule has 0 amide bonds. The number of hydrogen-bond acceptors (Lipinski definition) is 5. The van der Waals surface area contributed by atoms with E-state index in [1.54, 1.807) is 6.92 Å². The van der Waals surface area contributed by atoms with Crippen molar-refractivity contribution in [3.63, 3.8) is 0 Å². The van der Waals surface area contributed by atoms with Crippen molar-refractivity contribution < 1.29 is 13.3 Å². The van der Waals surface area contributed by atoms with Crippen molar-refractivity contribution in [2.45, 2.75) is 17.9 Å². The Labute approximate surface area is 103 Å². The molecule has 9 heteroatoms. The predicted octanol–water partition coefficient (Wildman–Crippen LogP) is 0.895. The number of nitrogens with one attached hydrogen (secondary N) is 1. The van der Waals surface area contributed by atoms with Crippen molar-refractivity contribution in [3.05, 3.63) is 28.4 Å². The summed E-state index contributed by atoms with van der Waals surface area (Å²) in [5.74, 6) is -0.283. The summed E-state index contributed by atoms with van der Waals surface area (Å²) in [6, 6.07) is 1.71. The van der Waals surface area contributed by atoms with Crippen LogP contribution in [0, 0.1) is 10.1 Å². The van der Waals surface area contributed by atoms with Gasteiger partial charge in [-0.1, -0.05) is 0 Å². The molecule has 1 N–H and O–H groups in total. The van der Waals surface area contributed by atoms with E-state index >= 15 is 0 Å². The summed E-state index contributed by atoms with van der Waals surface area (Å²) in [6.45, 7) is 1.60. The second-order valence-electron chi connectivity index (χ2n) is 3.29. The molecule has 1 atom stereocenters. The van der Waals surface area contributed by atoms with Crippen molar-refractivity contribution in [2.75, 3.05) is 5.88 Å². The first-order valence-electron chi connectivity index (χ1n) is 4.55. The van der Waals surface area contributed by atoms with E-state index in [-0.39, 0.29) is 10.8 Å². The number of rotatable bonds is 5. The van der Waals surface area contributed by atoms with E-state index in [9.17, 15) is 18.5 Å². The molecule has 7 nitrogen and oxygen atoms in total. The normalized spacial score (nSPS) is 13.3. The molecule has 0 saturated heterocycles. The minimum atomic E-state index is -3.73. The highest BCUT2D eigenvalue weighted by Gasteiger charge is 2.19. The molecule has 1 unspecified atom stereocenters. The largest absolute Gasteiger partial charge is 0.363 e. The fraction of sp³-hybridized carbons (Fsp3) is 0.375. The molecule has 0 bridgehead atoms. The third-order valence-corrected chi connectivity index (χ3v) is 3.84. The Hall–Kier alpha value is -1.25. The average Bonchev–Trinajstić information content (AvgIpc) is 2.28. The lowest BCUT2D eigenvalue weighted by atomic mass is 10.4. The van der Waals surface area contributed by atoms with Gasteiger partial charge in [-0.2, -0.15) is 0 Å². The summed E-state index contributed by atoms with van der Waals surface area (Å²) in [6.07, 6.45) is 0.932. The number of halogens is 1. The third-order valence-electron chi connectivity index (χ3n) is 1.81. The van der Waals surface area contributed by atoms with Crippen LogP contribution in [0.1, 0.15) is 6.92 Å². The Balaban J connectivity index is 2.96. The van der Waals surface area contributed by atoms with E-state index in [4.69, 9.17) is 11.6 Å². The molecule has 1 heterocycles. The Morgan fingerprint density at radius 2 is 2.24 bits per heavy atom. The zero-order chi connectivity index (χ0) is 13.1. The molecule has 0 saturated carbocycles. The van der Waals surface area contributed by atoms with Gasteiger partial charge in [0.2, 0.25) is 10.0 Å². The Morgan fingerprint density at radius 3 is 2.65 bits per heavy atom. The van der Waals surface area contributed by atoms with Gasteiger partial charge in [0.1, 0.15) is 4.90 Å². The number of nitro groups is 1. The van der Waals surface area contributed by atoms with Crippen molar-refractivity contribution in [3.8, 4) is 0 Å². The van der Waals surface area contributed by atoms with Gasteiger partial charge in [-0.15, -0.1) is 11.6 Å². The summed E-state index contributed by atoms with van der Waals surface area (Å²) < 4.78 is 25.7. The fourth-order valence-corrected chi connectivity index (χ4v) is 2.36. The topological polar surface area (TPSA) is 102 Å². The molecule has 1 aromatic heterocycles. The molecule has 0 aliphatic rings. The van der Waals surface area contributed by atoms with Gasteiger partial charge < -0.3 is 10.1 Å². The first-order chi connectivity index (χ1) is 7.86. The molecule has 0 aliphatic carbocycles. The maximum Gasteiger partial charge on any atom is 0.363 e. The highest BCUT2D eigenvalue weighted by Crippen LogP contribution is 2.12. The maximum atomic E-state index is 11.7. The average molecular weight is 280 g/mol. The molecular weight excluding hydrogens is 270 g/mol. The lowest BCUT2D eigenvalue weighted by Gasteiger charge is -2.09. The second kappa shape index (κ2) is 5.39. The van der Waals surface area contributed by atoms with Crippen LogP contribution in [0.5, 0.6) is 0 Å². The van der Waals surface area contributed by atoms with Crippen molar-refractivity contribution in [1.82, 2.24) is 9.71 Å². The van der Waals surface area contributed by atoms with Gasteiger partial charge in [0.25, 0.3) is 0 Å². The van der Waals surface area contributed by atoms with E-state index in [0.717, 1.165) is 18.3 Å². The van der Waals surface area contributed by atoms with Crippen molar-refractivity contribution >= 4 is 27.4 Å². The van der Waals surface area contributed by atoms with Crippen LogP contribution < -0.4 is 4.72 Å². The molecule has 0 aliphatic heterocycles. The van der Waals surface area contributed by atoms with E-state index in [0.29, 0.717) is 0 Å². The van der Waals surface area contributed by atoms with E-state index < -0.39 is 26.8 Å². The quantitative estimate of drug-likeness (QED) is 0.490. The summed E-state index contributed by atoms with van der Waals surface area (Å²) in [5.41, 5.74) is 0. The number of pyridine rings is 1. The maximum absolute atomic E-state index is 11.7. The van der Waals surface area contributed by atoms with Gasteiger partial charge in [-0.25, -0.2) is 13.1 Å². The van der Waals surface area contributed by atoms with Crippen LogP contribution >= 0.6 is 11.6 Å². The molecule has 0 fully saturated rings. The zero-order valence-electron chi connectivity index (χ0n) is 8.83. The van der Waals surface area contributed by atoms with Crippen LogP contribution in [0.4, 0.5) is 5.82 Å². The van der Waals surface area contributed by atoms with Gasteiger partial charge in [-0.3, -0.25) is 0 Å². The van der Waals surface area contributed by atoms with Gasteiger partial charge in [0, 0.05) is 18.0 Å². The van der Waals surface area contributed by atoms with Crippen LogP contribution in [-0.4, -0.2) is 30.2 Å². The number of hydrogen-bond donors (Lipinski definition) is 1. The molecule has 17 heavy (non-hydrogen) atoms. The van der Waals surface area contributed by atoms with Crippen LogP contribution in [0.25, 0.3) is 0 Å². The highest BCUT2D eigenvalue weighted by molar-refractivity contribution is 7.89. The molecule has 0 radical (unpaired) electrons. The van der Waals surface area contributed by atoms with Crippen LogP contribution in [0.2, 0.25) is 0 Å². The molecule has 94 valence electrons. The second-order valence-corrected chi connectivity index (χ2v) is 5.31. The lowest BCUT2D eigenvalue weighted by Crippen LogP contribution is -2.33. The van der Waals surface area contributed by atoms with Gasteiger partial charge >= 0.3 is 5.82 Å². The number of aromatic nitrogens is 1. The Bertz CT molecular complexity index is 502. The fourth-order valence-electron chi connectivity index (χ4n) is 1.00. The van der Waals surface area contributed by atoms with Crippen molar-refractivity contribution in [1.29, 1.82) is 0 Å². The first-order valence-corrected chi connectivity index (χ1v) is 6.57. The number of sulfonamides is 1. The lowest BCUT2D eigenvalue weighted by molar-refractivity contribution is -0.389. The third kappa shape index (κ3) is 3.62. The summed E-state index contributed by atoms with van der Waals surface area (Å²) in [7, 11) is -3.73. The SMILES string of the molecule is CC(CCl)NS(=O)(=O)c1ccc([N+](=O)[O-])nc1. The highest BCUT2D eigenvalue weighted by atomic mass is 35.5. The molecule has 1 rings (SSSR count). The molecule has 1 aromatic rings. The summed E-state index contributed by atoms with van der Waals surface area (Å²) in [5, 5.41) is 10.3. The van der Waals surface area contributed by atoms with Crippen LogP contribution in [0.3, 0.4) is 0 Å². The summed E-state index contributed by atoms with van der Waals surface area (Å²) in [4.78, 5) is 12.9. The Morgan fingerprint density at radius 1 is 1.59 bits per heavy atom. The molecule has 0 aromatic carbocycles. The number of nitrogens with zero attached hydrogens (tertiary/aromatic N) is 2. The van der Waals surface area contributed by atoms with E-state index in [1.807, 2.05) is 0 Å². The van der Waals surface area contributed by atoms with Gasteiger partial charge in [0.15, 0.2) is 6.20 Å². The predicted molar refractivity (Wildman–Crippen MR) is 61.4 cm³/mol. The molecular formula is C8H10ClN3O4S. The van der Waals surface area contributed by atoms with Crippen molar-refractivity contribution in [2.24, 2.45) is 0 Å². The van der Waals surface area contributed by atoms with Gasteiger partial charge in [-0.05, 0) is 22.9 Å². The Kier molecular flexibility index (Phi) is 4.38. The van der Waals surface area contributed by atoms with E-state index in [1.165, 1.54) is 0 Å². The summed E-state index contributed by atoms with van der Waals surface area (Å²) >= 11 is 5.48.